The molecule has 0 bridgehead atoms. The first-order chi connectivity index (χ1) is 3.80. The van der Waals surface area contributed by atoms with Gasteiger partial charge in [-0.15, -0.1) is 0 Å². The van der Waals surface area contributed by atoms with Crippen LogP contribution < -0.4 is 0 Å². The maximum atomic E-state index is 10.1. The van der Waals surface area contributed by atoms with E-state index in [1.54, 1.807) is 6.08 Å². The van der Waals surface area contributed by atoms with Crippen LogP contribution in [0.5, 0.6) is 0 Å². The Morgan fingerprint density at radius 3 is 2.56 bits per heavy atom. The number of hydrogen-bond donors (Lipinski definition) is 1. The van der Waals surface area contributed by atoms with Crippen LogP contribution in [0.25, 0.3) is 0 Å². The van der Waals surface area contributed by atoms with Gasteiger partial charge in [-0.05, 0) is 19.3 Å². The number of hydrogen-bond acceptors (Lipinski definition) is 1. The van der Waals surface area contributed by atoms with E-state index in [1.165, 1.54) is 0 Å². The molecule has 1 aliphatic carbocycles. The Hall–Kier alpha value is 0.781. The second kappa shape index (κ2) is 4.57. The van der Waals surface area contributed by atoms with Crippen molar-refractivity contribution in [2.75, 3.05) is 0 Å². The van der Waals surface area contributed by atoms with Gasteiger partial charge >= 0.3 is 54.9 Å². The van der Waals surface area contributed by atoms with Crippen molar-refractivity contribution in [3.63, 3.8) is 0 Å². The SMILES string of the molecule is O=C(O)C1=CCCC1.[BaH2]. The van der Waals surface area contributed by atoms with E-state index in [9.17, 15) is 4.79 Å². The molecule has 0 saturated carbocycles. The molecule has 1 aliphatic rings. The van der Waals surface area contributed by atoms with Crippen LogP contribution in [0.1, 0.15) is 19.3 Å². The Morgan fingerprint density at radius 2 is 2.33 bits per heavy atom. The Labute approximate surface area is 94.4 Å². The van der Waals surface area contributed by atoms with E-state index < -0.39 is 5.97 Å². The fourth-order valence-electron chi connectivity index (χ4n) is 0.865. The van der Waals surface area contributed by atoms with Gasteiger partial charge in [0.25, 0.3) is 0 Å². The average Bonchev–Trinajstić information content (AvgIpc) is 2.12. The number of carbonyl (C=O) groups is 1. The molecule has 1 N–H and O–H groups in total. The summed E-state index contributed by atoms with van der Waals surface area (Å²) in [7, 11) is 0. The molecular weight excluding hydrogens is 241 g/mol. The molecule has 0 unspecified atom stereocenters. The van der Waals surface area contributed by atoms with E-state index in [2.05, 4.69) is 0 Å². The minimum absolute atomic E-state index is 0. The maximum absolute atomic E-state index is 10.1. The summed E-state index contributed by atoms with van der Waals surface area (Å²) in [5.74, 6) is -0.748. The van der Waals surface area contributed by atoms with Gasteiger partial charge in [-0.1, -0.05) is 6.08 Å². The predicted octanol–water partition coefficient (Wildman–Crippen LogP) is 0.265. The van der Waals surface area contributed by atoms with Gasteiger partial charge in [0, 0.05) is 5.57 Å². The monoisotopic (exact) mass is 252 g/mol. The first kappa shape index (κ1) is 9.78. The first-order valence-electron chi connectivity index (χ1n) is 2.73. The Balaban J connectivity index is 0.000000640. The van der Waals surface area contributed by atoms with Gasteiger partial charge in [0.15, 0.2) is 0 Å². The molecule has 0 aromatic heterocycles. The Kier molecular flexibility index (Phi) is 4.97. The average molecular weight is 251 g/mol. The summed E-state index contributed by atoms with van der Waals surface area (Å²) < 4.78 is 0. The summed E-state index contributed by atoms with van der Waals surface area (Å²) >= 11 is 0. The van der Waals surface area contributed by atoms with Gasteiger partial charge in [-0.25, -0.2) is 4.79 Å². The zero-order valence-corrected chi connectivity index (χ0v) is 4.55. The molecule has 0 spiro atoms. The van der Waals surface area contributed by atoms with Gasteiger partial charge in [-0.2, -0.15) is 0 Å². The molecule has 0 radical (unpaired) electrons. The van der Waals surface area contributed by atoms with Crippen LogP contribution in [0, 0.1) is 0 Å². The van der Waals surface area contributed by atoms with Gasteiger partial charge in [0.1, 0.15) is 0 Å². The van der Waals surface area contributed by atoms with Crippen molar-refractivity contribution in [3.8, 4) is 0 Å². The molecule has 0 heterocycles. The van der Waals surface area contributed by atoms with Crippen molar-refractivity contribution in [2.45, 2.75) is 19.3 Å². The predicted molar refractivity (Wildman–Crippen MR) is 38.1 cm³/mol. The van der Waals surface area contributed by atoms with E-state index in [4.69, 9.17) is 5.11 Å². The molecular formula is C6H10BaO2. The quantitative estimate of drug-likeness (QED) is 0.679. The van der Waals surface area contributed by atoms with Gasteiger partial charge < -0.3 is 5.11 Å². The molecule has 2 nitrogen and oxygen atoms in total. The fraction of sp³-hybridized carbons (Fsp3) is 0.500. The number of carboxylic acid groups (broad SMARTS) is 1. The molecule has 1 rings (SSSR count). The third kappa shape index (κ3) is 2.91. The van der Waals surface area contributed by atoms with Crippen molar-refractivity contribution in [1.29, 1.82) is 0 Å². The number of allylic oxidation sites excluding steroid dienone is 1. The summed E-state index contributed by atoms with van der Waals surface area (Å²) in [5, 5.41) is 8.34. The van der Waals surface area contributed by atoms with E-state index in [1.807, 2.05) is 0 Å². The molecule has 0 fully saturated rings. The van der Waals surface area contributed by atoms with Gasteiger partial charge in [-0.3, -0.25) is 0 Å². The molecule has 48 valence electrons. The van der Waals surface area contributed by atoms with Crippen LogP contribution in [0.2, 0.25) is 0 Å². The van der Waals surface area contributed by atoms with Crippen LogP contribution in [0.15, 0.2) is 11.6 Å². The molecule has 0 aliphatic heterocycles. The Morgan fingerprint density at radius 1 is 1.67 bits per heavy atom. The van der Waals surface area contributed by atoms with E-state index in [-0.39, 0.29) is 48.9 Å². The molecule has 0 saturated heterocycles. The molecule has 3 heteroatoms. The standard InChI is InChI=1S/C6H8O2.Ba.2H/c7-6(8)5-3-1-2-4-5;;;/h3H,1-2,4H2,(H,7,8);;;. The van der Waals surface area contributed by atoms with E-state index in [0.29, 0.717) is 5.57 Å². The van der Waals surface area contributed by atoms with Crippen molar-refractivity contribution >= 4 is 54.9 Å². The zero-order chi connectivity index (χ0) is 5.98. The third-order valence-electron chi connectivity index (χ3n) is 1.32. The van der Waals surface area contributed by atoms with Crippen molar-refractivity contribution < 1.29 is 9.90 Å². The number of carboxylic acids is 1. The molecule has 0 atom stereocenters. The number of rotatable bonds is 1. The minimum atomic E-state index is -0.748. The second-order valence-electron chi connectivity index (χ2n) is 1.93. The normalized spacial score (nSPS) is 16.2. The third-order valence-corrected chi connectivity index (χ3v) is 1.32. The fourth-order valence-corrected chi connectivity index (χ4v) is 0.865. The zero-order valence-electron chi connectivity index (χ0n) is 4.55. The van der Waals surface area contributed by atoms with Crippen LogP contribution in [-0.4, -0.2) is 60.0 Å². The second-order valence-corrected chi connectivity index (χ2v) is 1.93. The van der Waals surface area contributed by atoms with Crippen LogP contribution in [0.3, 0.4) is 0 Å². The molecule has 0 aromatic carbocycles. The van der Waals surface area contributed by atoms with Crippen LogP contribution >= 0.6 is 0 Å². The summed E-state index contributed by atoms with van der Waals surface area (Å²) in [5.41, 5.74) is 0.588. The van der Waals surface area contributed by atoms with Gasteiger partial charge in [0.05, 0.1) is 0 Å². The summed E-state index contributed by atoms with van der Waals surface area (Å²) in [4.78, 5) is 10.1. The topological polar surface area (TPSA) is 37.3 Å². The van der Waals surface area contributed by atoms with E-state index in [0.717, 1.165) is 19.3 Å². The summed E-state index contributed by atoms with van der Waals surface area (Å²) in [6.07, 6.45) is 4.51. The van der Waals surface area contributed by atoms with E-state index >= 15 is 0 Å². The van der Waals surface area contributed by atoms with Gasteiger partial charge in [0.2, 0.25) is 0 Å². The number of aliphatic carboxylic acids is 1. The molecule has 0 aromatic rings. The van der Waals surface area contributed by atoms with Crippen molar-refractivity contribution in [3.05, 3.63) is 11.6 Å². The first-order valence-corrected chi connectivity index (χ1v) is 2.73. The van der Waals surface area contributed by atoms with Crippen molar-refractivity contribution in [1.82, 2.24) is 0 Å². The summed E-state index contributed by atoms with van der Waals surface area (Å²) in [6.45, 7) is 0. The van der Waals surface area contributed by atoms with Crippen molar-refractivity contribution in [2.24, 2.45) is 0 Å². The molecule has 0 amide bonds. The molecule has 9 heavy (non-hydrogen) atoms. The van der Waals surface area contributed by atoms with Crippen LogP contribution in [0.4, 0.5) is 0 Å². The Bertz CT molecular complexity index is 140. The van der Waals surface area contributed by atoms with Crippen LogP contribution in [-0.2, 0) is 4.79 Å². The summed E-state index contributed by atoms with van der Waals surface area (Å²) in [6, 6.07) is 0.